The number of aryl methyl sites for hydroxylation is 2. The van der Waals surface area contributed by atoms with Crippen LogP contribution in [-0.4, -0.2) is 34.4 Å². The summed E-state index contributed by atoms with van der Waals surface area (Å²) in [6, 6.07) is 11.9. The van der Waals surface area contributed by atoms with E-state index in [0.29, 0.717) is 18.0 Å². The summed E-state index contributed by atoms with van der Waals surface area (Å²) in [5.41, 5.74) is 2.21. The van der Waals surface area contributed by atoms with Crippen LogP contribution in [0.15, 0.2) is 55.0 Å². The molecule has 2 heterocycles. The van der Waals surface area contributed by atoms with Crippen molar-refractivity contribution in [1.82, 2.24) is 14.8 Å². The largest absolute Gasteiger partial charge is 0.495 e. The zero-order valence-corrected chi connectivity index (χ0v) is 17.5. The van der Waals surface area contributed by atoms with E-state index >= 15 is 0 Å². The molecule has 0 bridgehead atoms. The van der Waals surface area contributed by atoms with Gasteiger partial charge in [0.1, 0.15) is 11.4 Å². The van der Waals surface area contributed by atoms with Crippen LogP contribution in [0.5, 0.6) is 11.5 Å². The molecule has 2 atom stereocenters. The Labute approximate surface area is 176 Å². The summed E-state index contributed by atoms with van der Waals surface area (Å²) in [6.45, 7) is 5.18. The van der Waals surface area contributed by atoms with E-state index in [2.05, 4.69) is 27.5 Å². The normalized spacial score (nSPS) is 19.9. The molecule has 0 saturated heterocycles. The molecule has 0 aliphatic heterocycles. The van der Waals surface area contributed by atoms with E-state index in [1.54, 1.807) is 25.6 Å². The fourth-order valence-electron chi connectivity index (χ4n) is 3.82. The summed E-state index contributed by atoms with van der Waals surface area (Å²) in [7, 11) is 1.57. The predicted molar refractivity (Wildman–Crippen MR) is 114 cm³/mol. The summed E-state index contributed by atoms with van der Waals surface area (Å²) in [4.78, 5) is 17.1. The first-order chi connectivity index (χ1) is 14.6. The summed E-state index contributed by atoms with van der Waals surface area (Å²) in [5.74, 6) is 1.13. The van der Waals surface area contributed by atoms with Crippen molar-refractivity contribution in [3.8, 4) is 11.5 Å². The van der Waals surface area contributed by atoms with Gasteiger partial charge in [0.2, 0.25) is 5.91 Å². The van der Waals surface area contributed by atoms with Crippen molar-refractivity contribution >= 4 is 11.6 Å². The SMILES string of the molecule is CCn1cc(OC[C@]2(c3ccccc3)C[C@@H]2C(=O)Nc2cncc(OC)c2)c(C)n1. The second-order valence-corrected chi connectivity index (χ2v) is 7.60. The highest BCUT2D eigenvalue weighted by Gasteiger charge is 2.60. The fraction of sp³-hybridized carbons (Fsp3) is 0.348. The number of nitrogens with one attached hydrogen (secondary N) is 1. The predicted octanol–water partition coefficient (Wildman–Crippen LogP) is 3.59. The highest BCUT2D eigenvalue weighted by molar-refractivity contribution is 5.96. The molecule has 1 N–H and O–H groups in total. The van der Waals surface area contributed by atoms with Crippen molar-refractivity contribution < 1.29 is 14.3 Å². The molecule has 3 aromatic rings. The second kappa shape index (κ2) is 8.18. The van der Waals surface area contributed by atoms with Gasteiger partial charge in [-0.25, -0.2) is 0 Å². The van der Waals surface area contributed by atoms with Gasteiger partial charge >= 0.3 is 0 Å². The molecule has 4 rings (SSSR count). The van der Waals surface area contributed by atoms with Crippen LogP contribution in [0.3, 0.4) is 0 Å². The summed E-state index contributed by atoms with van der Waals surface area (Å²) < 4.78 is 13.2. The van der Waals surface area contributed by atoms with Gasteiger partial charge in [-0.15, -0.1) is 0 Å². The Bertz CT molecular complexity index is 1030. The van der Waals surface area contributed by atoms with Gasteiger partial charge in [0.25, 0.3) is 0 Å². The minimum Gasteiger partial charge on any atom is -0.495 e. The maximum atomic E-state index is 13.0. The zero-order chi connectivity index (χ0) is 21.1. The average Bonchev–Trinajstić information content (AvgIpc) is 3.42. The Morgan fingerprint density at radius 2 is 2.10 bits per heavy atom. The Morgan fingerprint density at radius 3 is 2.80 bits per heavy atom. The monoisotopic (exact) mass is 406 g/mol. The van der Waals surface area contributed by atoms with E-state index in [0.717, 1.165) is 30.0 Å². The minimum atomic E-state index is -0.363. The maximum absolute atomic E-state index is 13.0. The molecule has 0 spiro atoms. The number of benzene rings is 1. The Balaban J connectivity index is 1.53. The quantitative estimate of drug-likeness (QED) is 0.619. The molecular weight excluding hydrogens is 380 g/mol. The minimum absolute atomic E-state index is 0.0431. The molecule has 0 radical (unpaired) electrons. The van der Waals surface area contributed by atoms with E-state index in [4.69, 9.17) is 9.47 Å². The average molecular weight is 406 g/mol. The number of carbonyl (C=O) groups is 1. The highest BCUT2D eigenvalue weighted by atomic mass is 16.5. The smallest absolute Gasteiger partial charge is 0.228 e. The van der Waals surface area contributed by atoms with E-state index < -0.39 is 0 Å². The summed E-state index contributed by atoms with van der Waals surface area (Å²) >= 11 is 0. The van der Waals surface area contributed by atoms with E-state index in [1.807, 2.05) is 42.9 Å². The molecule has 0 unspecified atom stereocenters. The number of nitrogens with zero attached hydrogens (tertiary/aromatic N) is 3. The second-order valence-electron chi connectivity index (χ2n) is 7.60. The Kier molecular flexibility index (Phi) is 5.44. The van der Waals surface area contributed by atoms with Crippen molar-refractivity contribution in [3.63, 3.8) is 0 Å². The van der Waals surface area contributed by atoms with Crippen LogP contribution in [-0.2, 0) is 16.8 Å². The van der Waals surface area contributed by atoms with Crippen LogP contribution in [0.2, 0.25) is 0 Å². The number of pyridine rings is 1. The van der Waals surface area contributed by atoms with Crippen molar-refractivity contribution in [1.29, 1.82) is 0 Å². The first-order valence-electron chi connectivity index (χ1n) is 10.1. The molecule has 156 valence electrons. The molecule has 1 aromatic carbocycles. The number of amides is 1. The topological polar surface area (TPSA) is 78.3 Å². The molecule has 7 heteroatoms. The summed E-state index contributed by atoms with van der Waals surface area (Å²) in [5, 5.41) is 7.42. The van der Waals surface area contributed by atoms with Crippen LogP contribution < -0.4 is 14.8 Å². The van der Waals surface area contributed by atoms with Crippen molar-refractivity contribution in [2.24, 2.45) is 5.92 Å². The van der Waals surface area contributed by atoms with E-state index in [9.17, 15) is 4.79 Å². The van der Waals surface area contributed by atoms with Crippen LogP contribution >= 0.6 is 0 Å². The van der Waals surface area contributed by atoms with Crippen LogP contribution in [0, 0.1) is 12.8 Å². The maximum Gasteiger partial charge on any atom is 0.228 e. The van der Waals surface area contributed by atoms with Crippen LogP contribution in [0.25, 0.3) is 0 Å². The molecular formula is C23H26N4O3. The molecule has 1 aliphatic rings. The lowest BCUT2D eigenvalue weighted by molar-refractivity contribution is -0.117. The van der Waals surface area contributed by atoms with Gasteiger partial charge in [-0.05, 0) is 25.8 Å². The van der Waals surface area contributed by atoms with E-state index in [1.165, 1.54) is 0 Å². The summed E-state index contributed by atoms with van der Waals surface area (Å²) in [6.07, 6.45) is 5.86. The molecule has 1 fully saturated rings. The number of ether oxygens (including phenoxy) is 2. The number of rotatable bonds is 8. The van der Waals surface area contributed by atoms with Crippen molar-refractivity contribution in [3.05, 3.63) is 66.2 Å². The molecule has 2 aromatic heterocycles. The highest BCUT2D eigenvalue weighted by Crippen LogP contribution is 2.55. The zero-order valence-electron chi connectivity index (χ0n) is 17.5. The van der Waals surface area contributed by atoms with Gasteiger partial charge in [0.15, 0.2) is 5.75 Å². The van der Waals surface area contributed by atoms with Gasteiger partial charge in [-0.1, -0.05) is 30.3 Å². The van der Waals surface area contributed by atoms with Gasteiger partial charge in [0, 0.05) is 18.0 Å². The fourth-order valence-corrected chi connectivity index (χ4v) is 3.82. The van der Waals surface area contributed by atoms with Gasteiger partial charge < -0.3 is 14.8 Å². The first-order valence-corrected chi connectivity index (χ1v) is 10.1. The molecule has 1 saturated carbocycles. The third-order valence-corrected chi connectivity index (χ3v) is 5.67. The number of anilines is 1. The van der Waals surface area contributed by atoms with Gasteiger partial charge in [-0.3, -0.25) is 14.5 Å². The first kappa shape index (κ1) is 19.9. The van der Waals surface area contributed by atoms with Gasteiger partial charge in [-0.2, -0.15) is 5.10 Å². The lowest BCUT2D eigenvalue weighted by Crippen LogP contribution is -2.26. The molecule has 7 nitrogen and oxygen atoms in total. The molecule has 1 amide bonds. The van der Waals surface area contributed by atoms with Crippen LogP contribution in [0.4, 0.5) is 5.69 Å². The number of aromatic nitrogens is 3. The number of carbonyl (C=O) groups excluding carboxylic acids is 1. The standard InChI is InChI=1S/C23H26N4O3/c1-4-27-14-21(16(2)26-27)30-15-23(17-8-6-5-7-9-17)11-20(23)22(28)25-18-10-19(29-3)13-24-12-18/h5-10,12-14,20H,4,11,15H2,1-3H3,(H,25,28)/t20-,23+/m1/s1. The number of hydrogen-bond acceptors (Lipinski definition) is 5. The third kappa shape index (κ3) is 3.87. The Hall–Kier alpha value is -3.35. The molecule has 30 heavy (non-hydrogen) atoms. The molecule has 1 aliphatic carbocycles. The van der Waals surface area contributed by atoms with Crippen molar-refractivity contribution in [2.75, 3.05) is 19.0 Å². The van der Waals surface area contributed by atoms with Crippen molar-refractivity contribution in [2.45, 2.75) is 32.2 Å². The third-order valence-electron chi connectivity index (χ3n) is 5.67. The Morgan fingerprint density at radius 1 is 1.30 bits per heavy atom. The lowest BCUT2D eigenvalue weighted by Gasteiger charge is -2.19. The van der Waals surface area contributed by atoms with Crippen LogP contribution in [0.1, 0.15) is 24.6 Å². The number of hydrogen-bond donors (Lipinski definition) is 1. The lowest BCUT2D eigenvalue weighted by atomic mass is 9.93. The number of methoxy groups -OCH3 is 1. The van der Waals surface area contributed by atoms with E-state index in [-0.39, 0.29) is 17.2 Å². The van der Waals surface area contributed by atoms with Gasteiger partial charge in [0.05, 0.1) is 43.9 Å².